The summed E-state index contributed by atoms with van der Waals surface area (Å²) in [6.45, 7) is 6.54. The maximum atomic E-state index is 12.9. The van der Waals surface area contributed by atoms with Crippen molar-refractivity contribution >= 4 is 6.09 Å². The van der Waals surface area contributed by atoms with Crippen molar-refractivity contribution in [3.05, 3.63) is 65.7 Å². The first-order valence-electron chi connectivity index (χ1n) is 10.4. The van der Waals surface area contributed by atoms with Crippen molar-refractivity contribution in [3.63, 3.8) is 0 Å². The largest absolute Gasteiger partial charge is 0.485 e. The van der Waals surface area contributed by atoms with E-state index >= 15 is 0 Å². The minimum atomic E-state index is -4.39. The number of carbonyl (C=O) groups excluding carboxylic acids is 1. The molecule has 0 aromatic heterocycles. The van der Waals surface area contributed by atoms with Crippen molar-refractivity contribution in [1.82, 2.24) is 4.90 Å². The van der Waals surface area contributed by atoms with Gasteiger partial charge in [-0.2, -0.15) is 13.2 Å². The lowest BCUT2D eigenvalue weighted by Gasteiger charge is -2.37. The zero-order valence-corrected chi connectivity index (χ0v) is 18.0. The molecule has 0 radical (unpaired) electrons. The number of amides is 1. The number of alkyl halides is 3. The molecule has 4 nitrogen and oxygen atoms in total. The molecule has 1 amide bonds. The summed E-state index contributed by atoms with van der Waals surface area (Å²) in [5.74, 6) is 0.335. The molecular formula is C24H28F3NO3. The molecule has 31 heavy (non-hydrogen) atoms. The third kappa shape index (κ3) is 6.39. The van der Waals surface area contributed by atoms with Gasteiger partial charge in [0, 0.05) is 19.0 Å². The maximum Gasteiger partial charge on any atom is 0.416 e. The first-order valence-corrected chi connectivity index (χ1v) is 10.4. The van der Waals surface area contributed by atoms with Gasteiger partial charge in [-0.25, -0.2) is 4.79 Å². The van der Waals surface area contributed by atoms with Crippen molar-refractivity contribution in [3.8, 4) is 5.75 Å². The summed E-state index contributed by atoms with van der Waals surface area (Å²) >= 11 is 0. The van der Waals surface area contributed by atoms with E-state index in [1.165, 1.54) is 12.1 Å². The number of nitrogens with zero attached hydrogens (tertiary/aromatic N) is 1. The van der Waals surface area contributed by atoms with Gasteiger partial charge in [-0.1, -0.05) is 30.3 Å². The Morgan fingerprint density at radius 2 is 1.68 bits per heavy atom. The average molecular weight is 435 g/mol. The summed E-state index contributed by atoms with van der Waals surface area (Å²) in [6.07, 6.45) is -3.53. The summed E-state index contributed by atoms with van der Waals surface area (Å²) in [7, 11) is 0. The molecule has 1 aliphatic rings. The van der Waals surface area contributed by atoms with E-state index in [1.807, 2.05) is 51.1 Å². The predicted octanol–water partition coefficient (Wildman–Crippen LogP) is 6.47. The highest BCUT2D eigenvalue weighted by molar-refractivity contribution is 5.68. The fraction of sp³-hybridized carbons (Fsp3) is 0.458. The first-order chi connectivity index (χ1) is 14.5. The van der Waals surface area contributed by atoms with Gasteiger partial charge < -0.3 is 14.4 Å². The Bertz CT molecular complexity index is 860. The molecule has 168 valence electrons. The molecule has 1 aliphatic heterocycles. The van der Waals surface area contributed by atoms with E-state index in [2.05, 4.69) is 0 Å². The van der Waals surface area contributed by atoms with Gasteiger partial charge >= 0.3 is 12.3 Å². The minimum absolute atomic E-state index is 0.0223. The molecule has 2 aromatic rings. The van der Waals surface area contributed by atoms with Gasteiger partial charge in [-0.15, -0.1) is 0 Å². The Morgan fingerprint density at radius 1 is 1.03 bits per heavy atom. The number of halogens is 3. The second-order valence-electron chi connectivity index (χ2n) is 8.80. The number of likely N-dealkylation sites (tertiary alicyclic amines) is 1. The number of benzene rings is 2. The number of hydrogen-bond donors (Lipinski definition) is 0. The molecule has 0 bridgehead atoms. The van der Waals surface area contributed by atoms with E-state index in [0.29, 0.717) is 18.8 Å². The lowest BCUT2D eigenvalue weighted by atomic mass is 9.88. The van der Waals surface area contributed by atoms with Crippen LogP contribution in [0.5, 0.6) is 5.75 Å². The standard InChI is InChI=1S/C24H28F3NO3/c1-23(2,3)31-22(29)28-15-7-10-18(16-28)21(17-8-5-4-6-9-17)30-20-13-11-19(12-14-20)24(25,26)27/h4-6,8-9,11-14,18,21H,7,10,15-16H2,1-3H3/t18-,21-/m0/s1. The topological polar surface area (TPSA) is 38.8 Å². The fourth-order valence-electron chi connectivity index (χ4n) is 3.70. The molecule has 1 fully saturated rings. The van der Waals surface area contributed by atoms with E-state index < -0.39 is 23.4 Å². The zero-order valence-electron chi connectivity index (χ0n) is 18.0. The van der Waals surface area contributed by atoms with Crippen molar-refractivity contribution in [1.29, 1.82) is 0 Å². The molecule has 2 aromatic carbocycles. The van der Waals surface area contributed by atoms with Crippen LogP contribution in [-0.4, -0.2) is 29.7 Å². The molecule has 2 atom stereocenters. The van der Waals surface area contributed by atoms with Gasteiger partial charge in [-0.05, 0) is 63.4 Å². The fourth-order valence-corrected chi connectivity index (χ4v) is 3.70. The highest BCUT2D eigenvalue weighted by Gasteiger charge is 2.34. The summed E-state index contributed by atoms with van der Waals surface area (Å²) < 4.78 is 50.4. The van der Waals surface area contributed by atoms with Crippen LogP contribution in [0.3, 0.4) is 0 Å². The van der Waals surface area contributed by atoms with E-state index in [-0.39, 0.29) is 12.0 Å². The zero-order chi connectivity index (χ0) is 22.6. The number of carbonyl (C=O) groups is 1. The van der Waals surface area contributed by atoms with Crippen LogP contribution in [0.4, 0.5) is 18.0 Å². The van der Waals surface area contributed by atoms with Crippen LogP contribution >= 0.6 is 0 Å². The van der Waals surface area contributed by atoms with Gasteiger partial charge in [0.25, 0.3) is 0 Å². The van der Waals surface area contributed by atoms with Crippen LogP contribution in [0, 0.1) is 5.92 Å². The molecule has 0 aliphatic carbocycles. The summed E-state index contributed by atoms with van der Waals surface area (Å²) in [4.78, 5) is 14.3. The van der Waals surface area contributed by atoms with Crippen LogP contribution in [0.1, 0.15) is 50.8 Å². The monoisotopic (exact) mass is 435 g/mol. The predicted molar refractivity (Wildman–Crippen MR) is 112 cm³/mol. The molecular weight excluding hydrogens is 407 g/mol. The summed E-state index contributed by atoms with van der Waals surface area (Å²) in [6, 6.07) is 14.3. The Hall–Kier alpha value is -2.70. The SMILES string of the molecule is CC(C)(C)OC(=O)N1CCC[C@H]([C@@H](Oc2ccc(C(F)(F)F)cc2)c2ccccc2)C1. The lowest BCUT2D eigenvalue weighted by molar-refractivity contribution is -0.137. The van der Waals surface area contributed by atoms with Crippen molar-refractivity contribution in [2.24, 2.45) is 5.92 Å². The smallest absolute Gasteiger partial charge is 0.416 e. The number of ether oxygens (including phenoxy) is 2. The normalized spacial score (nSPS) is 18.4. The average Bonchev–Trinajstić information content (AvgIpc) is 2.71. The van der Waals surface area contributed by atoms with Gasteiger partial charge in [0.05, 0.1) is 5.56 Å². The Balaban J connectivity index is 1.80. The highest BCUT2D eigenvalue weighted by atomic mass is 19.4. The van der Waals surface area contributed by atoms with Crippen LogP contribution in [0.25, 0.3) is 0 Å². The van der Waals surface area contributed by atoms with Crippen LogP contribution in [0.2, 0.25) is 0 Å². The molecule has 0 unspecified atom stereocenters. The quantitative estimate of drug-likeness (QED) is 0.552. The van der Waals surface area contributed by atoms with E-state index in [1.54, 1.807) is 4.90 Å². The summed E-state index contributed by atoms with van der Waals surface area (Å²) in [5.41, 5.74) is -0.386. The molecule has 1 heterocycles. The lowest BCUT2D eigenvalue weighted by Crippen LogP contribution is -2.44. The Kier molecular flexibility index (Phi) is 6.82. The minimum Gasteiger partial charge on any atom is -0.485 e. The second-order valence-corrected chi connectivity index (χ2v) is 8.80. The van der Waals surface area contributed by atoms with Crippen LogP contribution in [0.15, 0.2) is 54.6 Å². The molecule has 0 saturated carbocycles. The van der Waals surface area contributed by atoms with Crippen molar-refractivity contribution in [2.75, 3.05) is 13.1 Å². The van der Waals surface area contributed by atoms with Gasteiger partial charge in [0.1, 0.15) is 17.5 Å². The molecule has 0 spiro atoms. The number of hydrogen-bond acceptors (Lipinski definition) is 3. The third-order valence-electron chi connectivity index (χ3n) is 5.11. The Morgan fingerprint density at radius 3 is 2.26 bits per heavy atom. The molecule has 7 heteroatoms. The first kappa shape index (κ1) is 23.0. The molecule has 3 rings (SSSR count). The Labute approximate surface area is 181 Å². The maximum absolute atomic E-state index is 12.9. The van der Waals surface area contributed by atoms with E-state index in [4.69, 9.17) is 9.47 Å². The van der Waals surface area contributed by atoms with Gasteiger partial charge in [-0.3, -0.25) is 0 Å². The number of piperidine rings is 1. The van der Waals surface area contributed by atoms with E-state index in [0.717, 1.165) is 30.5 Å². The van der Waals surface area contributed by atoms with Crippen LogP contribution in [-0.2, 0) is 10.9 Å². The van der Waals surface area contributed by atoms with Gasteiger partial charge in [0.15, 0.2) is 0 Å². The molecule has 1 saturated heterocycles. The third-order valence-corrected chi connectivity index (χ3v) is 5.11. The van der Waals surface area contributed by atoms with Crippen molar-refractivity contribution < 1.29 is 27.4 Å². The second kappa shape index (κ2) is 9.20. The highest BCUT2D eigenvalue weighted by Crippen LogP contribution is 2.36. The van der Waals surface area contributed by atoms with Crippen molar-refractivity contribution in [2.45, 2.75) is 51.5 Å². The summed E-state index contributed by atoms with van der Waals surface area (Å²) in [5, 5.41) is 0. The number of rotatable bonds is 4. The van der Waals surface area contributed by atoms with Gasteiger partial charge in [0.2, 0.25) is 0 Å². The van der Waals surface area contributed by atoms with Crippen LogP contribution < -0.4 is 4.74 Å². The molecule has 0 N–H and O–H groups in total. The van der Waals surface area contributed by atoms with E-state index in [9.17, 15) is 18.0 Å².